The topological polar surface area (TPSA) is 78.1 Å². The number of carbonyl (C=O) groups excluding carboxylic acids is 2. The Morgan fingerprint density at radius 2 is 2.04 bits per heavy atom. The van der Waals surface area contributed by atoms with Crippen LogP contribution in [0.1, 0.15) is 12.0 Å². The van der Waals surface area contributed by atoms with Gasteiger partial charge < -0.3 is 5.32 Å². The molecule has 26 heavy (non-hydrogen) atoms. The number of carbonyl (C=O) groups is 2. The molecule has 0 radical (unpaired) electrons. The zero-order valence-electron chi connectivity index (χ0n) is 14.1. The molecule has 2 amide bonds. The zero-order chi connectivity index (χ0) is 18.3. The van der Waals surface area contributed by atoms with E-state index in [-0.39, 0.29) is 18.2 Å². The lowest BCUT2D eigenvalue weighted by Gasteiger charge is -2.14. The van der Waals surface area contributed by atoms with Gasteiger partial charge in [0.15, 0.2) is 5.82 Å². The van der Waals surface area contributed by atoms with Gasteiger partial charge in [0, 0.05) is 28.5 Å². The minimum Gasteiger partial charge on any atom is -0.326 e. The average Bonchev–Trinajstić information content (AvgIpc) is 3.19. The molecule has 1 atom stereocenters. The predicted octanol–water partition coefficient (Wildman–Crippen LogP) is 3.63. The highest BCUT2D eigenvalue weighted by Gasteiger charge is 2.36. The first-order chi connectivity index (χ1) is 12.5. The molecule has 0 saturated carbocycles. The van der Waals surface area contributed by atoms with E-state index in [4.69, 9.17) is 0 Å². The maximum atomic E-state index is 12.5. The predicted molar refractivity (Wildman–Crippen MR) is 104 cm³/mol. The van der Waals surface area contributed by atoms with E-state index >= 15 is 0 Å². The smallest absolute Gasteiger partial charge is 0.229 e. The van der Waals surface area contributed by atoms with Gasteiger partial charge in [0.2, 0.25) is 11.8 Å². The Bertz CT molecular complexity index is 996. The van der Waals surface area contributed by atoms with Gasteiger partial charge in [-0.1, -0.05) is 33.6 Å². The third-order valence-electron chi connectivity index (χ3n) is 4.58. The van der Waals surface area contributed by atoms with E-state index in [1.807, 2.05) is 49.4 Å². The van der Waals surface area contributed by atoms with Crippen molar-refractivity contribution in [3.63, 3.8) is 0 Å². The molecule has 6 nitrogen and oxygen atoms in total. The molecule has 1 aromatic heterocycles. The Morgan fingerprint density at radius 3 is 2.81 bits per heavy atom. The molecule has 2 N–H and O–H groups in total. The Morgan fingerprint density at radius 1 is 1.27 bits per heavy atom. The number of anilines is 2. The summed E-state index contributed by atoms with van der Waals surface area (Å²) in [6.45, 7) is 2.32. The summed E-state index contributed by atoms with van der Waals surface area (Å²) in [6.07, 6.45) is 0.183. The van der Waals surface area contributed by atoms with Gasteiger partial charge in [-0.3, -0.25) is 19.6 Å². The lowest BCUT2D eigenvalue weighted by atomic mass is 10.1. The Hall–Kier alpha value is -2.67. The fourth-order valence-corrected chi connectivity index (χ4v) is 3.51. The van der Waals surface area contributed by atoms with Gasteiger partial charge in [-0.15, -0.1) is 0 Å². The second-order valence-corrected chi connectivity index (χ2v) is 7.41. The molecular weight excluding hydrogens is 396 g/mol. The minimum atomic E-state index is -0.397. The number of halogens is 1. The lowest BCUT2D eigenvalue weighted by molar-refractivity contribution is -0.122. The molecule has 1 aliphatic heterocycles. The van der Waals surface area contributed by atoms with Gasteiger partial charge in [-0.2, -0.15) is 5.10 Å². The SMILES string of the molecule is Cc1ccc(NC(=O)C2CC(=O)N(c3n[nH]c4cc(Br)ccc34)C2)cc1. The number of nitrogens with one attached hydrogen (secondary N) is 2. The number of fused-ring (bicyclic) bond motifs is 1. The van der Waals surface area contributed by atoms with Crippen LogP contribution in [0.5, 0.6) is 0 Å². The summed E-state index contributed by atoms with van der Waals surface area (Å²) in [5.41, 5.74) is 2.71. The molecule has 2 heterocycles. The van der Waals surface area contributed by atoms with Crippen LogP contribution in [0.3, 0.4) is 0 Å². The summed E-state index contributed by atoms with van der Waals surface area (Å²) < 4.78 is 0.934. The van der Waals surface area contributed by atoms with E-state index in [0.717, 1.165) is 26.6 Å². The maximum Gasteiger partial charge on any atom is 0.229 e. The number of rotatable bonds is 3. The fourth-order valence-electron chi connectivity index (χ4n) is 3.15. The first kappa shape index (κ1) is 16.8. The molecule has 4 rings (SSSR count). The number of hydrogen-bond acceptors (Lipinski definition) is 3. The third kappa shape index (κ3) is 3.10. The van der Waals surface area contributed by atoms with Gasteiger partial charge >= 0.3 is 0 Å². The first-order valence-electron chi connectivity index (χ1n) is 8.33. The molecule has 0 spiro atoms. The number of amides is 2. The number of benzene rings is 2. The van der Waals surface area contributed by atoms with Crippen LogP contribution in [0, 0.1) is 12.8 Å². The average molecular weight is 413 g/mol. The number of hydrogen-bond donors (Lipinski definition) is 2. The zero-order valence-corrected chi connectivity index (χ0v) is 15.7. The quantitative estimate of drug-likeness (QED) is 0.689. The van der Waals surface area contributed by atoms with Gasteiger partial charge in [-0.25, -0.2) is 0 Å². The molecule has 7 heteroatoms. The minimum absolute atomic E-state index is 0.0922. The summed E-state index contributed by atoms with van der Waals surface area (Å²) in [6, 6.07) is 13.3. The molecule has 3 aromatic rings. The molecule has 2 aromatic carbocycles. The van der Waals surface area contributed by atoms with Crippen LogP contribution in [0.15, 0.2) is 46.9 Å². The number of aryl methyl sites for hydroxylation is 1. The lowest BCUT2D eigenvalue weighted by Crippen LogP contribution is -2.28. The number of aromatic amines is 1. The van der Waals surface area contributed by atoms with Gasteiger partial charge in [0.25, 0.3) is 0 Å². The van der Waals surface area contributed by atoms with Crippen molar-refractivity contribution in [2.24, 2.45) is 5.92 Å². The van der Waals surface area contributed by atoms with Crippen molar-refractivity contribution in [3.8, 4) is 0 Å². The number of H-pyrrole nitrogens is 1. The van der Waals surface area contributed by atoms with E-state index < -0.39 is 5.92 Å². The van der Waals surface area contributed by atoms with E-state index in [9.17, 15) is 9.59 Å². The molecule has 0 bridgehead atoms. The van der Waals surface area contributed by atoms with Crippen LogP contribution < -0.4 is 10.2 Å². The fraction of sp³-hybridized carbons (Fsp3) is 0.211. The highest BCUT2D eigenvalue weighted by atomic mass is 79.9. The van der Waals surface area contributed by atoms with Crippen molar-refractivity contribution >= 4 is 50.2 Å². The molecule has 1 fully saturated rings. The summed E-state index contributed by atoms with van der Waals surface area (Å²) in [5.74, 6) is -0.0631. The third-order valence-corrected chi connectivity index (χ3v) is 5.07. The summed E-state index contributed by atoms with van der Waals surface area (Å²) >= 11 is 3.42. The Kier molecular flexibility index (Phi) is 4.24. The van der Waals surface area contributed by atoms with Crippen LogP contribution in [-0.4, -0.2) is 28.6 Å². The van der Waals surface area contributed by atoms with Crippen LogP contribution in [0.2, 0.25) is 0 Å². The summed E-state index contributed by atoms with van der Waals surface area (Å²) in [4.78, 5) is 26.6. The Labute approximate surface area is 158 Å². The Balaban J connectivity index is 1.52. The molecule has 1 saturated heterocycles. The number of aromatic nitrogens is 2. The maximum absolute atomic E-state index is 12.5. The molecular formula is C19H17BrN4O2. The largest absolute Gasteiger partial charge is 0.326 e. The normalized spacial score (nSPS) is 17.1. The van der Waals surface area contributed by atoms with Crippen molar-refractivity contribution in [3.05, 3.63) is 52.5 Å². The van der Waals surface area contributed by atoms with Crippen LogP contribution in [0.25, 0.3) is 10.9 Å². The molecule has 1 unspecified atom stereocenters. The summed E-state index contributed by atoms with van der Waals surface area (Å²) in [5, 5.41) is 11.0. The second-order valence-electron chi connectivity index (χ2n) is 6.50. The number of nitrogens with zero attached hydrogens (tertiary/aromatic N) is 2. The van der Waals surface area contributed by atoms with E-state index in [2.05, 4.69) is 31.4 Å². The van der Waals surface area contributed by atoms with Crippen LogP contribution >= 0.6 is 15.9 Å². The summed E-state index contributed by atoms with van der Waals surface area (Å²) in [7, 11) is 0. The molecule has 132 valence electrons. The van der Waals surface area contributed by atoms with E-state index in [0.29, 0.717) is 12.4 Å². The van der Waals surface area contributed by atoms with Gasteiger partial charge in [0.1, 0.15) is 0 Å². The monoisotopic (exact) mass is 412 g/mol. The molecule has 0 aliphatic carbocycles. The first-order valence-corrected chi connectivity index (χ1v) is 9.12. The van der Waals surface area contributed by atoms with Crippen LogP contribution in [-0.2, 0) is 9.59 Å². The molecule has 1 aliphatic rings. The van der Waals surface area contributed by atoms with Crippen molar-refractivity contribution in [1.82, 2.24) is 10.2 Å². The highest BCUT2D eigenvalue weighted by Crippen LogP contribution is 2.31. The van der Waals surface area contributed by atoms with Gasteiger partial charge in [-0.05, 0) is 37.3 Å². The van der Waals surface area contributed by atoms with Gasteiger partial charge in [0.05, 0.1) is 11.4 Å². The van der Waals surface area contributed by atoms with E-state index in [1.54, 1.807) is 4.90 Å². The van der Waals surface area contributed by atoms with E-state index in [1.165, 1.54) is 0 Å². The van der Waals surface area contributed by atoms with Crippen molar-refractivity contribution in [1.29, 1.82) is 0 Å². The standard InChI is InChI=1S/C19H17BrN4O2/c1-11-2-5-14(6-3-11)21-19(26)12-8-17(25)24(10-12)18-15-7-4-13(20)9-16(15)22-23-18/h2-7,9,12H,8,10H2,1H3,(H,21,26)(H,22,23). The van der Waals surface area contributed by atoms with Crippen molar-refractivity contribution < 1.29 is 9.59 Å². The van der Waals surface area contributed by atoms with Crippen molar-refractivity contribution in [2.75, 3.05) is 16.8 Å². The highest BCUT2D eigenvalue weighted by molar-refractivity contribution is 9.10. The van der Waals surface area contributed by atoms with Crippen LogP contribution in [0.4, 0.5) is 11.5 Å². The van der Waals surface area contributed by atoms with Crippen molar-refractivity contribution in [2.45, 2.75) is 13.3 Å². The second kappa shape index (κ2) is 6.57.